The maximum atomic E-state index is 11.3. The Morgan fingerprint density at radius 3 is 2.29 bits per heavy atom. The molecule has 0 spiro atoms. The predicted molar refractivity (Wildman–Crippen MR) is 64.8 cm³/mol. The van der Waals surface area contributed by atoms with Gasteiger partial charge in [-0.05, 0) is 24.3 Å². The summed E-state index contributed by atoms with van der Waals surface area (Å²) in [6, 6.07) is 9.03. The quantitative estimate of drug-likeness (QED) is 0.841. The Morgan fingerprint density at radius 2 is 1.76 bits per heavy atom. The summed E-state index contributed by atoms with van der Waals surface area (Å²) in [5, 5.41) is 19.5. The van der Waals surface area contributed by atoms with Crippen LogP contribution in [0.3, 0.4) is 0 Å². The zero-order chi connectivity index (χ0) is 12.3. The van der Waals surface area contributed by atoms with Crippen LogP contribution in [-0.4, -0.2) is 22.3 Å². The molecule has 0 saturated heterocycles. The number of carboxylic acids is 1. The number of hydrogen-bond donors (Lipinski definition) is 2. The third kappa shape index (κ3) is 2.67. The van der Waals surface area contributed by atoms with E-state index in [2.05, 4.69) is 0 Å². The second-order valence-corrected chi connectivity index (χ2v) is 4.76. The van der Waals surface area contributed by atoms with Crippen LogP contribution < -0.4 is 0 Å². The molecule has 2 rings (SSSR count). The first-order chi connectivity index (χ1) is 8.20. The summed E-state index contributed by atoms with van der Waals surface area (Å²) in [6.45, 7) is 0. The molecule has 1 fully saturated rings. The van der Waals surface area contributed by atoms with Crippen LogP contribution in [0.2, 0.25) is 0 Å². The maximum absolute atomic E-state index is 11.3. The Labute approximate surface area is 101 Å². The number of aliphatic hydroxyl groups excluding tert-OH is 1. The number of aliphatic carboxylic acids is 1. The van der Waals surface area contributed by atoms with E-state index in [0.29, 0.717) is 5.56 Å². The Bertz CT molecular complexity index is 368. The van der Waals surface area contributed by atoms with Gasteiger partial charge in [-0.3, -0.25) is 4.79 Å². The molecule has 0 unspecified atom stereocenters. The molecule has 0 bridgehead atoms. The van der Waals surface area contributed by atoms with Crippen LogP contribution in [0.4, 0.5) is 0 Å². The fraction of sp³-hybridized carbons (Fsp3) is 0.500. The number of carboxylic acid groups (broad SMARTS) is 1. The monoisotopic (exact) mass is 234 g/mol. The molecule has 0 aromatic heterocycles. The molecule has 1 aromatic rings. The van der Waals surface area contributed by atoms with Crippen molar-refractivity contribution in [2.24, 2.45) is 5.92 Å². The van der Waals surface area contributed by atoms with Crippen LogP contribution in [0.25, 0.3) is 0 Å². The van der Waals surface area contributed by atoms with Crippen molar-refractivity contribution in [3.63, 3.8) is 0 Å². The third-order valence-electron chi connectivity index (χ3n) is 3.65. The highest BCUT2D eigenvalue weighted by Gasteiger charge is 2.35. The molecule has 1 aliphatic carbocycles. The zero-order valence-electron chi connectivity index (χ0n) is 9.75. The van der Waals surface area contributed by atoms with Crippen LogP contribution in [0.5, 0.6) is 0 Å². The summed E-state index contributed by atoms with van der Waals surface area (Å²) in [5.74, 6) is -1.59. The lowest BCUT2D eigenvalue weighted by atomic mass is 9.85. The predicted octanol–water partition coefficient (Wildman–Crippen LogP) is 2.41. The molecular formula is C14H18O3. The van der Waals surface area contributed by atoms with Crippen molar-refractivity contribution in [2.75, 3.05) is 0 Å². The number of benzene rings is 1. The second kappa shape index (κ2) is 5.32. The highest BCUT2D eigenvalue weighted by molar-refractivity contribution is 5.76. The summed E-state index contributed by atoms with van der Waals surface area (Å²) in [7, 11) is 0. The Hall–Kier alpha value is -1.35. The highest BCUT2D eigenvalue weighted by atomic mass is 16.4. The zero-order valence-corrected chi connectivity index (χ0v) is 9.75. The maximum Gasteiger partial charge on any atom is 0.313 e. The molecule has 1 aliphatic rings. The van der Waals surface area contributed by atoms with E-state index in [4.69, 9.17) is 0 Å². The van der Waals surface area contributed by atoms with Gasteiger partial charge in [0, 0.05) is 0 Å². The number of carbonyl (C=O) groups is 1. The molecule has 2 atom stereocenters. The molecule has 1 saturated carbocycles. The van der Waals surface area contributed by atoms with Gasteiger partial charge >= 0.3 is 5.97 Å². The summed E-state index contributed by atoms with van der Waals surface area (Å²) in [6.07, 6.45) is 3.32. The molecule has 17 heavy (non-hydrogen) atoms. The number of hydrogen-bond acceptors (Lipinski definition) is 2. The van der Waals surface area contributed by atoms with Crippen molar-refractivity contribution < 1.29 is 15.0 Å². The number of aliphatic hydroxyl groups is 1. The van der Waals surface area contributed by atoms with Crippen LogP contribution >= 0.6 is 0 Å². The average molecular weight is 234 g/mol. The van der Waals surface area contributed by atoms with Gasteiger partial charge in [-0.2, -0.15) is 0 Å². The van der Waals surface area contributed by atoms with Gasteiger partial charge in [0.1, 0.15) is 5.92 Å². The Kier molecular flexibility index (Phi) is 3.79. The fourth-order valence-corrected chi connectivity index (χ4v) is 2.72. The van der Waals surface area contributed by atoms with Crippen molar-refractivity contribution in [3.8, 4) is 0 Å². The van der Waals surface area contributed by atoms with Gasteiger partial charge in [0.2, 0.25) is 0 Å². The smallest absolute Gasteiger partial charge is 0.313 e. The molecule has 3 nitrogen and oxygen atoms in total. The molecule has 0 amide bonds. The van der Waals surface area contributed by atoms with Crippen LogP contribution in [0.15, 0.2) is 30.3 Å². The van der Waals surface area contributed by atoms with E-state index in [-0.39, 0.29) is 5.92 Å². The topological polar surface area (TPSA) is 57.5 Å². The van der Waals surface area contributed by atoms with Crippen molar-refractivity contribution in [1.29, 1.82) is 0 Å². The summed E-state index contributed by atoms with van der Waals surface area (Å²) < 4.78 is 0. The van der Waals surface area contributed by atoms with Gasteiger partial charge in [-0.1, -0.05) is 43.2 Å². The highest BCUT2D eigenvalue weighted by Crippen LogP contribution is 2.34. The normalized spacial score (nSPS) is 20.1. The van der Waals surface area contributed by atoms with E-state index in [1.807, 2.05) is 18.2 Å². The minimum atomic E-state index is -0.935. The lowest BCUT2D eigenvalue weighted by molar-refractivity contribution is -0.142. The largest absolute Gasteiger partial charge is 0.481 e. The summed E-state index contributed by atoms with van der Waals surface area (Å²) >= 11 is 0. The summed E-state index contributed by atoms with van der Waals surface area (Å²) in [5.41, 5.74) is 0.694. The van der Waals surface area contributed by atoms with Crippen molar-refractivity contribution >= 4 is 5.97 Å². The standard InChI is InChI=1S/C14H18O3/c15-13(11-8-4-5-9-11)12(14(16)17)10-6-2-1-3-7-10/h1-3,6-7,11-13,15H,4-5,8-9H2,(H,16,17)/t12-,13+/m0/s1. The van der Waals surface area contributed by atoms with E-state index in [9.17, 15) is 15.0 Å². The molecule has 0 heterocycles. The average Bonchev–Trinajstić information content (AvgIpc) is 2.83. The van der Waals surface area contributed by atoms with Gasteiger partial charge in [0.25, 0.3) is 0 Å². The van der Waals surface area contributed by atoms with Crippen molar-refractivity contribution in [2.45, 2.75) is 37.7 Å². The minimum Gasteiger partial charge on any atom is -0.481 e. The first-order valence-corrected chi connectivity index (χ1v) is 6.16. The second-order valence-electron chi connectivity index (χ2n) is 4.76. The van der Waals surface area contributed by atoms with E-state index in [1.165, 1.54) is 0 Å². The van der Waals surface area contributed by atoms with Gasteiger partial charge in [-0.25, -0.2) is 0 Å². The van der Waals surface area contributed by atoms with Crippen LogP contribution in [-0.2, 0) is 4.79 Å². The van der Waals surface area contributed by atoms with Gasteiger partial charge in [0.15, 0.2) is 0 Å². The van der Waals surface area contributed by atoms with E-state index in [0.717, 1.165) is 25.7 Å². The minimum absolute atomic E-state index is 0.135. The molecule has 0 aliphatic heterocycles. The van der Waals surface area contributed by atoms with Gasteiger partial charge in [0.05, 0.1) is 6.10 Å². The fourth-order valence-electron chi connectivity index (χ4n) is 2.72. The first kappa shape index (κ1) is 12.1. The summed E-state index contributed by atoms with van der Waals surface area (Å²) in [4.78, 5) is 11.3. The van der Waals surface area contributed by atoms with Gasteiger partial charge < -0.3 is 10.2 Å². The Morgan fingerprint density at radius 1 is 1.18 bits per heavy atom. The molecule has 1 aromatic carbocycles. The van der Waals surface area contributed by atoms with Crippen LogP contribution in [0.1, 0.15) is 37.2 Å². The lowest BCUT2D eigenvalue weighted by Crippen LogP contribution is -2.31. The number of rotatable bonds is 4. The molecule has 0 radical (unpaired) electrons. The molecule has 3 heteroatoms. The Balaban J connectivity index is 2.20. The van der Waals surface area contributed by atoms with E-state index in [1.54, 1.807) is 12.1 Å². The molecule has 2 N–H and O–H groups in total. The SMILES string of the molecule is O=C(O)[C@@H](c1ccccc1)[C@H](O)C1CCCC1. The lowest BCUT2D eigenvalue weighted by Gasteiger charge is -2.24. The van der Waals surface area contributed by atoms with Crippen LogP contribution in [0, 0.1) is 5.92 Å². The van der Waals surface area contributed by atoms with Crippen molar-refractivity contribution in [1.82, 2.24) is 0 Å². The third-order valence-corrected chi connectivity index (χ3v) is 3.65. The molecular weight excluding hydrogens is 216 g/mol. The van der Waals surface area contributed by atoms with E-state index < -0.39 is 18.0 Å². The van der Waals surface area contributed by atoms with Gasteiger partial charge in [-0.15, -0.1) is 0 Å². The van der Waals surface area contributed by atoms with E-state index >= 15 is 0 Å². The first-order valence-electron chi connectivity index (χ1n) is 6.16. The van der Waals surface area contributed by atoms with Crippen molar-refractivity contribution in [3.05, 3.63) is 35.9 Å². The molecule has 92 valence electrons.